The summed E-state index contributed by atoms with van der Waals surface area (Å²) in [5.74, 6) is 2.61. The fraction of sp³-hybridized carbons (Fsp3) is 0.267. The molecular formula is C15H18N8O. The van der Waals surface area contributed by atoms with Gasteiger partial charge in [0.2, 0.25) is 5.95 Å². The summed E-state index contributed by atoms with van der Waals surface area (Å²) in [5, 5.41) is 17.8. The Morgan fingerprint density at radius 1 is 1.17 bits per heavy atom. The first-order chi connectivity index (χ1) is 11.6. The van der Waals surface area contributed by atoms with Gasteiger partial charge in [0.25, 0.3) is 0 Å². The number of tetrazole rings is 1. The molecule has 2 N–H and O–H groups in total. The quantitative estimate of drug-likeness (QED) is 0.732. The Morgan fingerprint density at radius 3 is 2.67 bits per heavy atom. The third kappa shape index (κ3) is 3.09. The maximum Gasteiger partial charge on any atom is 0.229 e. The van der Waals surface area contributed by atoms with Crippen molar-refractivity contribution in [2.75, 3.05) is 24.8 Å². The first-order valence-corrected chi connectivity index (χ1v) is 7.33. The van der Waals surface area contributed by atoms with Crippen LogP contribution in [0.2, 0.25) is 0 Å². The molecular weight excluding hydrogens is 308 g/mol. The Bertz CT molecular complexity index is 860. The molecule has 1 aromatic carbocycles. The maximum absolute atomic E-state index is 5.36. The number of methoxy groups -OCH3 is 1. The van der Waals surface area contributed by atoms with E-state index >= 15 is 0 Å². The summed E-state index contributed by atoms with van der Waals surface area (Å²) in [4.78, 5) is 8.73. The molecule has 2 heterocycles. The molecule has 0 fully saturated rings. The number of aryl methyl sites for hydroxylation is 2. The molecule has 0 aliphatic carbocycles. The molecule has 0 spiro atoms. The minimum absolute atomic E-state index is 0.484. The Labute approximate surface area is 139 Å². The van der Waals surface area contributed by atoms with Crippen LogP contribution in [0.3, 0.4) is 0 Å². The number of nitrogens with zero attached hydrogens (tertiary/aromatic N) is 6. The molecule has 124 valence electrons. The van der Waals surface area contributed by atoms with Gasteiger partial charge >= 0.3 is 0 Å². The first-order valence-electron chi connectivity index (χ1n) is 7.33. The SMILES string of the molecule is CNc1nc(Nc2cc(OC)cc(-n3nnnc3C)c2)ncc1C. The number of hydrogen-bond acceptors (Lipinski definition) is 8. The zero-order valence-electron chi connectivity index (χ0n) is 13.9. The van der Waals surface area contributed by atoms with E-state index < -0.39 is 0 Å². The normalized spacial score (nSPS) is 10.5. The third-order valence-electron chi connectivity index (χ3n) is 3.46. The average molecular weight is 326 g/mol. The maximum atomic E-state index is 5.36. The lowest BCUT2D eigenvalue weighted by Gasteiger charge is -2.11. The van der Waals surface area contributed by atoms with Crippen molar-refractivity contribution >= 4 is 17.5 Å². The number of anilines is 3. The Morgan fingerprint density at radius 2 is 2.00 bits per heavy atom. The number of ether oxygens (including phenoxy) is 1. The summed E-state index contributed by atoms with van der Waals surface area (Å²) < 4.78 is 6.99. The van der Waals surface area contributed by atoms with E-state index in [1.165, 1.54) is 0 Å². The number of nitrogens with one attached hydrogen (secondary N) is 2. The van der Waals surface area contributed by atoms with Crippen molar-refractivity contribution in [3.63, 3.8) is 0 Å². The molecule has 2 aromatic heterocycles. The van der Waals surface area contributed by atoms with Crippen molar-refractivity contribution in [2.45, 2.75) is 13.8 Å². The van der Waals surface area contributed by atoms with Gasteiger partial charge in [-0.3, -0.25) is 0 Å². The first kappa shape index (κ1) is 15.7. The molecule has 0 amide bonds. The minimum atomic E-state index is 0.484. The fourth-order valence-corrected chi connectivity index (χ4v) is 2.25. The molecule has 0 atom stereocenters. The molecule has 0 aliphatic heterocycles. The van der Waals surface area contributed by atoms with Crippen LogP contribution in [0.4, 0.5) is 17.5 Å². The van der Waals surface area contributed by atoms with E-state index in [1.807, 2.05) is 39.1 Å². The smallest absolute Gasteiger partial charge is 0.229 e. The van der Waals surface area contributed by atoms with Crippen LogP contribution >= 0.6 is 0 Å². The van der Waals surface area contributed by atoms with Gasteiger partial charge in [-0.1, -0.05) is 0 Å². The van der Waals surface area contributed by atoms with Crippen LogP contribution < -0.4 is 15.4 Å². The third-order valence-corrected chi connectivity index (χ3v) is 3.46. The second-order valence-corrected chi connectivity index (χ2v) is 5.16. The number of rotatable bonds is 5. The van der Waals surface area contributed by atoms with Crippen LogP contribution in [0.1, 0.15) is 11.4 Å². The van der Waals surface area contributed by atoms with Gasteiger partial charge in [0, 0.05) is 36.6 Å². The van der Waals surface area contributed by atoms with Gasteiger partial charge < -0.3 is 15.4 Å². The number of benzene rings is 1. The second kappa shape index (κ2) is 6.49. The van der Waals surface area contributed by atoms with Gasteiger partial charge in [-0.05, 0) is 30.3 Å². The predicted octanol–water partition coefficient (Wildman–Crippen LogP) is 1.86. The van der Waals surface area contributed by atoms with E-state index in [-0.39, 0.29) is 0 Å². The molecule has 24 heavy (non-hydrogen) atoms. The monoisotopic (exact) mass is 326 g/mol. The summed E-state index contributed by atoms with van der Waals surface area (Å²) >= 11 is 0. The van der Waals surface area contributed by atoms with E-state index in [2.05, 4.69) is 36.1 Å². The molecule has 0 aliphatic rings. The molecule has 0 radical (unpaired) electrons. The number of aromatic nitrogens is 6. The molecule has 3 rings (SSSR count). The molecule has 0 unspecified atom stereocenters. The van der Waals surface area contributed by atoms with Crippen molar-refractivity contribution in [3.8, 4) is 11.4 Å². The topological polar surface area (TPSA) is 103 Å². The van der Waals surface area contributed by atoms with Crippen LogP contribution in [0.5, 0.6) is 5.75 Å². The standard InChI is InChI=1S/C15H18N8O/c1-9-8-17-15(19-14(9)16-3)18-11-5-12(7-13(6-11)24-4)23-10(2)20-21-22-23/h5-8H,1-4H3,(H2,16,17,18,19). The van der Waals surface area contributed by atoms with Gasteiger partial charge in [0.05, 0.1) is 12.8 Å². The molecule has 0 saturated heterocycles. The van der Waals surface area contributed by atoms with Gasteiger partial charge in [-0.25, -0.2) is 4.98 Å². The highest BCUT2D eigenvalue weighted by Crippen LogP contribution is 2.25. The van der Waals surface area contributed by atoms with E-state index in [1.54, 1.807) is 18.0 Å². The summed E-state index contributed by atoms with van der Waals surface area (Å²) in [6, 6.07) is 5.60. The van der Waals surface area contributed by atoms with Crippen molar-refractivity contribution in [1.29, 1.82) is 0 Å². The van der Waals surface area contributed by atoms with E-state index in [0.717, 1.165) is 22.8 Å². The number of hydrogen-bond donors (Lipinski definition) is 2. The Hall–Kier alpha value is -3.23. The summed E-state index contributed by atoms with van der Waals surface area (Å²) in [7, 11) is 3.43. The highest BCUT2D eigenvalue weighted by molar-refractivity contribution is 5.62. The predicted molar refractivity (Wildman–Crippen MR) is 90.0 cm³/mol. The summed E-state index contributed by atoms with van der Waals surface area (Å²) in [5.41, 5.74) is 2.52. The molecule has 9 nitrogen and oxygen atoms in total. The van der Waals surface area contributed by atoms with Crippen molar-refractivity contribution in [2.24, 2.45) is 0 Å². The molecule has 9 heteroatoms. The van der Waals surface area contributed by atoms with Crippen molar-refractivity contribution in [1.82, 2.24) is 30.2 Å². The minimum Gasteiger partial charge on any atom is -0.497 e. The van der Waals surface area contributed by atoms with E-state index in [4.69, 9.17) is 4.74 Å². The van der Waals surface area contributed by atoms with E-state index in [9.17, 15) is 0 Å². The van der Waals surface area contributed by atoms with Crippen LogP contribution in [0, 0.1) is 13.8 Å². The van der Waals surface area contributed by atoms with Gasteiger partial charge in [0.1, 0.15) is 11.6 Å². The van der Waals surface area contributed by atoms with Gasteiger partial charge in [0.15, 0.2) is 5.82 Å². The average Bonchev–Trinajstić information content (AvgIpc) is 3.02. The van der Waals surface area contributed by atoms with Crippen LogP contribution in [0.15, 0.2) is 24.4 Å². The van der Waals surface area contributed by atoms with E-state index in [0.29, 0.717) is 17.5 Å². The van der Waals surface area contributed by atoms with Crippen LogP contribution in [0.25, 0.3) is 5.69 Å². The summed E-state index contributed by atoms with van der Waals surface area (Å²) in [6.07, 6.45) is 1.76. The lowest BCUT2D eigenvalue weighted by atomic mass is 10.2. The van der Waals surface area contributed by atoms with Gasteiger partial charge in [-0.15, -0.1) is 5.10 Å². The zero-order chi connectivity index (χ0) is 17.1. The molecule has 0 saturated carbocycles. The molecule has 0 bridgehead atoms. The lowest BCUT2D eigenvalue weighted by Crippen LogP contribution is -2.04. The Balaban J connectivity index is 1.97. The van der Waals surface area contributed by atoms with Crippen LogP contribution in [-0.2, 0) is 0 Å². The second-order valence-electron chi connectivity index (χ2n) is 5.16. The fourth-order valence-electron chi connectivity index (χ4n) is 2.25. The van der Waals surface area contributed by atoms with Crippen molar-refractivity contribution in [3.05, 3.63) is 35.8 Å². The lowest BCUT2D eigenvalue weighted by molar-refractivity contribution is 0.414. The Kier molecular flexibility index (Phi) is 4.23. The summed E-state index contributed by atoms with van der Waals surface area (Å²) in [6.45, 7) is 3.77. The zero-order valence-corrected chi connectivity index (χ0v) is 13.9. The molecule has 3 aromatic rings. The largest absolute Gasteiger partial charge is 0.497 e. The van der Waals surface area contributed by atoms with Crippen LogP contribution in [-0.4, -0.2) is 44.3 Å². The van der Waals surface area contributed by atoms with Crippen molar-refractivity contribution < 1.29 is 4.74 Å². The highest BCUT2D eigenvalue weighted by Gasteiger charge is 2.09. The highest BCUT2D eigenvalue weighted by atomic mass is 16.5. The van der Waals surface area contributed by atoms with Gasteiger partial charge in [-0.2, -0.15) is 9.67 Å².